The van der Waals surface area contributed by atoms with Gasteiger partial charge in [0.15, 0.2) is 0 Å². The van der Waals surface area contributed by atoms with Gasteiger partial charge < -0.3 is 4.74 Å². The van der Waals surface area contributed by atoms with Gasteiger partial charge in [0.25, 0.3) is 11.7 Å². The summed E-state index contributed by atoms with van der Waals surface area (Å²) >= 11 is 0. The molecule has 5 heteroatoms. The number of methoxy groups -OCH3 is 1. The Morgan fingerprint density at radius 3 is 2.61 bits per heavy atom. The van der Waals surface area contributed by atoms with Crippen LogP contribution in [0, 0.1) is 23.9 Å². The summed E-state index contributed by atoms with van der Waals surface area (Å²) in [6.45, 7) is 2.07. The van der Waals surface area contributed by atoms with Crippen LogP contribution in [0.15, 0.2) is 30.3 Å². The summed E-state index contributed by atoms with van der Waals surface area (Å²) in [5.74, 6) is 0.635. The molecule has 1 aliphatic carbocycles. The highest BCUT2D eigenvalue weighted by molar-refractivity contribution is 5.93. The highest BCUT2D eigenvalue weighted by Crippen LogP contribution is 2.39. The molecule has 23 heavy (non-hydrogen) atoms. The van der Waals surface area contributed by atoms with Crippen LogP contribution in [-0.2, 0) is 9.57 Å². The lowest BCUT2D eigenvalue weighted by Crippen LogP contribution is -2.50. The maximum atomic E-state index is 12.8. The second-order valence-corrected chi connectivity index (χ2v) is 5.86. The summed E-state index contributed by atoms with van der Waals surface area (Å²) in [4.78, 5) is 17.7. The Bertz CT molecular complexity index is 581. The zero-order valence-electron chi connectivity index (χ0n) is 13.5. The number of hydrogen-bond donors (Lipinski definition) is 1. The predicted molar refractivity (Wildman–Crippen MR) is 84.7 cm³/mol. The van der Waals surface area contributed by atoms with E-state index in [9.17, 15) is 9.18 Å². The molecule has 1 fully saturated rings. The van der Waals surface area contributed by atoms with Crippen LogP contribution in [0.5, 0.6) is 0 Å². The third kappa shape index (κ3) is 4.10. The van der Waals surface area contributed by atoms with E-state index in [4.69, 9.17) is 9.57 Å². The van der Waals surface area contributed by atoms with Gasteiger partial charge in [0.1, 0.15) is 6.17 Å². The van der Waals surface area contributed by atoms with Crippen molar-refractivity contribution in [2.75, 3.05) is 7.11 Å². The van der Waals surface area contributed by atoms with Gasteiger partial charge in [-0.1, -0.05) is 44.4 Å². The van der Waals surface area contributed by atoms with E-state index in [1.54, 1.807) is 24.3 Å². The molecule has 0 saturated heterocycles. The number of halogens is 1. The smallest absolute Gasteiger partial charge is 0.274 e. The molecule has 1 aromatic rings. The number of carbonyl (C=O) groups is 1. The van der Waals surface area contributed by atoms with Crippen molar-refractivity contribution < 1.29 is 18.8 Å². The summed E-state index contributed by atoms with van der Waals surface area (Å²) < 4.78 is 18.2. The van der Waals surface area contributed by atoms with E-state index in [0.29, 0.717) is 5.56 Å². The molecule has 4 nitrogen and oxygen atoms in total. The fourth-order valence-electron chi connectivity index (χ4n) is 3.16. The van der Waals surface area contributed by atoms with Crippen molar-refractivity contribution in [2.24, 2.45) is 11.8 Å². The second kappa shape index (κ2) is 8.09. The van der Waals surface area contributed by atoms with Crippen molar-refractivity contribution in [3.05, 3.63) is 35.9 Å². The van der Waals surface area contributed by atoms with Gasteiger partial charge in [-0.25, -0.2) is 10.3 Å². The molecule has 1 aromatic carbocycles. The Morgan fingerprint density at radius 2 is 2.00 bits per heavy atom. The number of hydrogen-bond acceptors (Lipinski definition) is 3. The Balaban J connectivity index is 2.14. The molecule has 1 N–H and O–H groups in total. The molecule has 3 unspecified atom stereocenters. The van der Waals surface area contributed by atoms with E-state index in [0.717, 1.165) is 25.7 Å². The Kier molecular flexibility index (Phi) is 6.14. The molecule has 0 heterocycles. The van der Waals surface area contributed by atoms with Gasteiger partial charge in [-0.15, -0.1) is 4.39 Å². The molecule has 3 atom stereocenters. The van der Waals surface area contributed by atoms with Crippen molar-refractivity contribution in [3.63, 3.8) is 0 Å². The third-order valence-corrected chi connectivity index (χ3v) is 4.46. The summed E-state index contributed by atoms with van der Waals surface area (Å²) in [5.41, 5.74) is 2.81. The van der Waals surface area contributed by atoms with Crippen molar-refractivity contribution >= 4 is 5.91 Å². The van der Waals surface area contributed by atoms with Gasteiger partial charge in [-0.2, -0.15) is 0 Å². The monoisotopic (exact) mass is 319 g/mol. The van der Waals surface area contributed by atoms with Crippen molar-refractivity contribution in [2.45, 2.75) is 38.4 Å². The highest BCUT2D eigenvalue weighted by Gasteiger charge is 2.44. The zero-order valence-corrected chi connectivity index (χ0v) is 13.5. The van der Waals surface area contributed by atoms with Crippen LogP contribution >= 0.6 is 0 Å². The molecule has 0 aromatic heterocycles. The van der Waals surface area contributed by atoms with E-state index in [-0.39, 0.29) is 11.8 Å². The molecule has 0 bridgehead atoms. The first-order valence-corrected chi connectivity index (χ1v) is 7.84. The van der Waals surface area contributed by atoms with Crippen molar-refractivity contribution in [1.82, 2.24) is 5.48 Å². The minimum absolute atomic E-state index is 0.111. The minimum Gasteiger partial charge on any atom is -0.341 e. The van der Waals surface area contributed by atoms with E-state index < -0.39 is 11.7 Å². The van der Waals surface area contributed by atoms with E-state index in [2.05, 4.69) is 18.3 Å². The molecule has 124 valence electrons. The molecule has 1 amide bonds. The first kappa shape index (κ1) is 17.5. The molecular weight excluding hydrogens is 297 g/mol. The first-order valence-electron chi connectivity index (χ1n) is 7.84. The van der Waals surface area contributed by atoms with Crippen LogP contribution in [-0.4, -0.2) is 18.8 Å². The minimum atomic E-state index is -1.47. The van der Waals surface area contributed by atoms with Crippen LogP contribution in [0.25, 0.3) is 0 Å². The average Bonchev–Trinajstić information content (AvgIpc) is 2.60. The molecule has 1 saturated carbocycles. The SMILES string of the molecule is COC(C#CF)(ONC(=O)c1ccccc1)C1CCCCC1C. The van der Waals surface area contributed by atoms with E-state index in [1.165, 1.54) is 13.3 Å². The van der Waals surface area contributed by atoms with Gasteiger partial charge in [0.2, 0.25) is 0 Å². The first-order chi connectivity index (χ1) is 11.1. The summed E-state index contributed by atoms with van der Waals surface area (Å²) in [6, 6.07) is 8.65. The standard InChI is InChI=1S/C18H22FNO3/c1-14-8-6-7-11-16(14)18(22-2,12-13-19)23-20-17(21)15-9-4-3-5-10-15/h3-5,9-10,14,16H,6-8,11H2,1-2H3,(H,20,21). The second-order valence-electron chi connectivity index (χ2n) is 5.86. The lowest BCUT2D eigenvalue weighted by molar-refractivity contribution is -0.249. The largest absolute Gasteiger partial charge is 0.341 e. The van der Waals surface area contributed by atoms with Crippen LogP contribution in [0.3, 0.4) is 0 Å². The lowest BCUT2D eigenvalue weighted by atomic mass is 9.75. The number of benzene rings is 1. The topological polar surface area (TPSA) is 47.6 Å². The number of ether oxygens (including phenoxy) is 1. The normalized spacial score (nSPS) is 23.3. The Hall–Kier alpha value is -1.90. The lowest BCUT2D eigenvalue weighted by Gasteiger charge is -2.39. The molecular formula is C18H22FNO3. The van der Waals surface area contributed by atoms with Crippen molar-refractivity contribution in [1.29, 1.82) is 0 Å². The number of rotatable bonds is 5. The van der Waals surface area contributed by atoms with Crippen molar-refractivity contribution in [3.8, 4) is 12.1 Å². The van der Waals surface area contributed by atoms with Crippen LogP contribution in [0.1, 0.15) is 43.0 Å². The zero-order chi connectivity index (χ0) is 16.7. The summed E-state index contributed by atoms with van der Waals surface area (Å²) in [6.07, 6.45) is 5.33. The quantitative estimate of drug-likeness (QED) is 0.514. The van der Waals surface area contributed by atoms with Crippen LogP contribution in [0.2, 0.25) is 0 Å². The summed E-state index contributed by atoms with van der Waals surface area (Å²) in [7, 11) is 1.42. The molecule has 2 rings (SSSR count). The Labute approximate surface area is 136 Å². The molecule has 1 aliphatic rings. The fourth-order valence-corrected chi connectivity index (χ4v) is 3.16. The van der Waals surface area contributed by atoms with E-state index >= 15 is 0 Å². The number of carbonyl (C=O) groups excluding carboxylic acids is 1. The van der Waals surface area contributed by atoms with Gasteiger partial charge >= 0.3 is 0 Å². The van der Waals surface area contributed by atoms with Gasteiger partial charge in [0.05, 0.1) is 0 Å². The average molecular weight is 319 g/mol. The number of amides is 1. The third-order valence-electron chi connectivity index (χ3n) is 4.46. The molecule has 0 radical (unpaired) electrons. The fraction of sp³-hybridized carbons (Fsp3) is 0.500. The number of hydroxylamine groups is 1. The van der Waals surface area contributed by atoms with Gasteiger partial charge in [-0.05, 0) is 24.5 Å². The molecule has 0 spiro atoms. The van der Waals surface area contributed by atoms with Crippen LogP contribution < -0.4 is 5.48 Å². The molecule has 0 aliphatic heterocycles. The van der Waals surface area contributed by atoms with Crippen LogP contribution in [0.4, 0.5) is 4.39 Å². The maximum absolute atomic E-state index is 12.8. The summed E-state index contributed by atoms with van der Waals surface area (Å²) in [5, 5.41) is 0. The van der Waals surface area contributed by atoms with E-state index in [1.807, 2.05) is 6.07 Å². The van der Waals surface area contributed by atoms with Gasteiger partial charge in [-0.3, -0.25) is 4.79 Å². The number of nitrogens with one attached hydrogen (secondary N) is 1. The van der Waals surface area contributed by atoms with Gasteiger partial charge in [0, 0.05) is 24.5 Å². The predicted octanol–water partition coefficient (Wildman–Crippen LogP) is 3.45. The Morgan fingerprint density at radius 1 is 1.30 bits per heavy atom. The maximum Gasteiger partial charge on any atom is 0.274 e. The highest BCUT2D eigenvalue weighted by atomic mass is 19.1.